The maximum absolute atomic E-state index is 13.2. The third kappa shape index (κ3) is 4.48. The highest BCUT2D eigenvalue weighted by Gasteiger charge is 2.27. The molecule has 2 N–H and O–H groups in total. The van der Waals surface area contributed by atoms with Gasteiger partial charge in [0.25, 0.3) is 0 Å². The van der Waals surface area contributed by atoms with Gasteiger partial charge in [-0.05, 0) is 44.9 Å². The minimum absolute atomic E-state index is 0.156. The number of imidazole rings is 1. The van der Waals surface area contributed by atoms with E-state index in [1.807, 2.05) is 6.92 Å². The van der Waals surface area contributed by atoms with Gasteiger partial charge in [0.15, 0.2) is 5.65 Å². The van der Waals surface area contributed by atoms with Gasteiger partial charge in [-0.25, -0.2) is 27.6 Å². The Hall–Kier alpha value is -2.76. The molecule has 1 aliphatic heterocycles. The first-order valence-corrected chi connectivity index (χ1v) is 13.7. The van der Waals surface area contributed by atoms with Crippen molar-refractivity contribution in [2.45, 2.75) is 56.3 Å². The minimum atomic E-state index is -3.67. The highest BCUT2D eigenvalue weighted by Crippen LogP contribution is 2.34. The molecular weight excluding hydrogens is 468 g/mol. The predicted molar refractivity (Wildman–Crippen MR) is 132 cm³/mol. The summed E-state index contributed by atoms with van der Waals surface area (Å²) in [5.41, 5.74) is 1.43. The molecule has 2 aromatic heterocycles. The number of methoxy groups -OCH3 is 1. The minimum Gasteiger partial charge on any atom is -0.496 e. The molecule has 2 aliphatic rings. The van der Waals surface area contributed by atoms with Gasteiger partial charge in [-0.3, -0.25) is 4.98 Å². The van der Waals surface area contributed by atoms with E-state index >= 15 is 0 Å². The van der Waals surface area contributed by atoms with E-state index in [0.717, 1.165) is 44.5 Å². The second-order valence-electron chi connectivity index (χ2n) is 9.31. The Kier molecular flexibility index (Phi) is 6.65. The molecule has 2 fully saturated rings. The van der Waals surface area contributed by atoms with Gasteiger partial charge in [0.2, 0.25) is 10.0 Å². The van der Waals surface area contributed by atoms with Crippen molar-refractivity contribution >= 4 is 15.7 Å². The third-order valence-electron chi connectivity index (χ3n) is 7.03. The number of rotatable bonds is 5. The summed E-state index contributed by atoms with van der Waals surface area (Å²) in [5.74, 6) is 1.68. The Labute approximate surface area is 204 Å². The Bertz CT molecular complexity index is 1380. The molecular formula is C24H32N6O4S. The maximum atomic E-state index is 13.2. The van der Waals surface area contributed by atoms with Gasteiger partial charge in [0.05, 0.1) is 23.3 Å². The number of H-pyrrole nitrogens is 1. The van der Waals surface area contributed by atoms with Crippen LogP contribution in [0.2, 0.25) is 0 Å². The average molecular weight is 501 g/mol. The molecule has 35 heavy (non-hydrogen) atoms. The van der Waals surface area contributed by atoms with E-state index in [1.165, 1.54) is 23.9 Å². The van der Waals surface area contributed by atoms with E-state index in [1.54, 1.807) is 16.5 Å². The number of aromatic nitrogens is 4. The molecule has 0 atom stereocenters. The Morgan fingerprint density at radius 3 is 2.63 bits per heavy atom. The average Bonchev–Trinajstić information content (AvgIpc) is 3.03. The summed E-state index contributed by atoms with van der Waals surface area (Å²) in [6.07, 6.45) is 6.31. The summed E-state index contributed by atoms with van der Waals surface area (Å²) in [5, 5.41) is 3.22. The van der Waals surface area contributed by atoms with Gasteiger partial charge in [0.1, 0.15) is 17.4 Å². The summed E-state index contributed by atoms with van der Waals surface area (Å²) in [6.45, 7) is 4.16. The summed E-state index contributed by atoms with van der Waals surface area (Å²) in [7, 11) is -2.19. The SMILES string of the molecule is COc1cc(S(=O)(=O)N2CCCNCC2)ccc1-c1nc2c(C)nc(C3CCCCC3)n2c(=O)[nH]1. The second-order valence-corrected chi connectivity index (χ2v) is 11.2. The zero-order valence-electron chi connectivity index (χ0n) is 20.2. The molecule has 1 saturated carbocycles. The van der Waals surface area contributed by atoms with Gasteiger partial charge in [-0.15, -0.1) is 0 Å². The van der Waals surface area contributed by atoms with Crippen LogP contribution in [-0.4, -0.2) is 65.4 Å². The smallest absolute Gasteiger partial charge is 0.334 e. The van der Waals surface area contributed by atoms with Crippen LogP contribution < -0.4 is 15.7 Å². The summed E-state index contributed by atoms with van der Waals surface area (Å²) in [6, 6.07) is 4.70. The largest absolute Gasteiger partial charge is 0.496 e. The van der Waals surface area contributed by atoms with Gasteiger partial charge in [0, 0.05) is 31.6 Å². The molecule has 0 radical (unpaired) electrons. The molecule has 0 bridgehead atoms. The van der Waals surface area contributed by atoms with Crippen LogP contribution in [0.5, 0.6) is 5.75 Å². The zero-order chi connectivity index (χ0) is 24.6. The van der Waals surface area contributed by atoms with E-state index in [2.05, 4.69) is 10.3 Å². The van der Waals surface area contributed by atoms with Crippen LogP contribution in [0.25, 0.3) is 17.0 Å². The second kappa shape index (κ2) is 9.71. The number of nitrogens with one attached hydrogen (secondary N) is 2. The van der Waals surface area contributed by atoms with E-state index in [4.69, 9.17) is 14.7 Å². The van der Waals surface area contributed by atoms with E-state index in [0.29, 0.717) is 48.1 Å². The maximum Gasteiger partial charge on any atom is 0.334 e. The topological polar surface area (TPSA) is 122 Å². The standard InChI is InChI=1S/C24H32N6O4S/c1-16-22-27-21(28-24(31)30(22)23(26-16)17-7-4-3-5-8-17)19-10-9-18(15-20(19)34-2)35(32,33)29-13-6-11-25-12-14-29/h9-10,15,17,25H,3-8,11-14H2,1-2H3,(H,27,28,31). The highest BCUT2D eigenvalue weighted by atomic mass is 32.2. The first-order chi connectivity index (χ1) is 16.9. The van der Waals surface area contributed by atoms with E-state index in [9.17, 15) is 13.2 Å². The van der Waals surface area contributed by atoms with Crippen molar-refractivity contribution in [2.75, 3.05) is 33.3 Å². The number of sulfonamides is 1. The van der Waals surface area contributed by atoms with Crippen molar-refractivity contribution < 1.29 is 13.2 Å². The number of nitrogens with zero attached hydrogens (tertiary/aromatic N) is 4. The molecule has 3 heterocycles. The highest BCUT2D eigenvalue weighted by molar-refractivity contribution is 7.89. The lowest BCUT2D eigenvalue weighted by atomic mass is 9.89. The molecule has 0 amide bonds. The number of aryl methyl sites for hydroxylation is 1. The van der Waals surface area contributed by atoms with Crippen LogP contribution >= 0.6 is 0 Å². The fourth-order valence-corrected chi connectivity index (χ4v) is 6.66. The van der Waals surface area contributed by atoms with Crippen molar-refractivity contribution in [3.05, 3.63) is 40.2 Å². The number of hydrogen-bond donors (Lipinski definition) is 2. The van der Waals surface area contributed by atoms with Crippen molar-refractivity contribution in [1.29, 1.82) is 0 Å². The first kappa shape index (κ1) is 24.0. The fourth-order valence-electron chi connectivity index (χ4n) is 5.16. The normalized spacial score (nSPS) is 18.6. The molecule has 3 aromatic rings. The summed E-state index contributed by atoms with van der Waals surface area (Å²) >= 11 is 0. The molecule has 188 valence electrons. The third-order valence-corrected chi connectivity index (χ3v) is 8.92. The first-order valence-electron chi connectivity index (χ1n) is 12.3. The monoisotopic (exact) mass is 500 g/mol. The molecule has 0 unspecified atom stereocenters. The Balaban J connectivity index is 1.54. The molecule has 5 rings (SSSR count). The molecule has 0 spiro atoms. The molecule has 1 saturated heterocycles. The number of fused-ring (bicyclic) bond motifs is 1. The number of hydrogen-bond acceptors (Lipinski definition) is 7. The van der Waals surface area contributed by atoms with Gasteiger partial charge >= 0.3 is 5.69 Å². The lowest BCUT2D eigenvalue weighted by molar-refractivity contribution is 0.412. The predicted octanol–water partition coefficient (Wildman–Crippen LogP) is 2.43. The van der Waals surface area contributed by atoms with Crippen molar-refractivity contribution in [2.24, 2.45) is 0 Å². The molecule has 1 aromatic carbocycles. The van der Waals surface area contributed by atoms with Crippen LogP contribution in [0, 0.1) is 6.92 Å². The van der Waals surface area contributed by atoms with Crippen molar-refractivity contribution in [3.63, 3.8) is 0 Å². The number of ether oxygens (including phenoxy) is 1. The number of benzene rings is 1. The quantitative estimate of drug-likeness (QED) is 0.552. The lowest BCUT2D eigenvalue weighted by Gasteiger charge is -2.20. The Morgan fingerprint density at radius 1 is 1.06 bits per heavy atom. The van der Waals surface area contributed by atoms with E-state index in [-0.39, 0.29) is 16.5 Å². The zero-order valence-corrected chi connectivity index (χ0v) is 21.0. The fraction of sp³-hybridized carbons (Fsp3) is 0.542. The summed E-state index contributed by atoms with van der Waals surface area (Å²) < 4.78 is 35.1. The molecule has 1 aliphatic carbocycles. The summed E-state index contributed by atoms with van der Waals surface area (Å²) in [4.78, 5) is 25.7. The van der Waals surface area contributed by atoms with Crippen LogP contribution in [-0.2, 0) is 10.0 Å². The van der Waals surface area contributed by atoms with Gasteiger partial charge in [-0.1, -0.05) is 19.3 Å². The van der Waals surface area contributed by atoms with Crippen molar-refractivity contribution in [1.82, 2.24) is 29.0 Å². The Morgan fingerprint density at radius 2 is 1.86 bits per heavy atom. The molecule has 10 nitrogen and oxygen atoms in total. The number of aromatic amines is 1. The molecule has 11 heteroatoms. The van der Waals surface area contributed by atoms with Crippen LogP contribution in [0.1, 0.15) is 56.0 Å². The van der Waals surface area contributed by atoms with Gasteiger partial charge in [-0.2, -0.15) is 4.31 Å². The van der Waals surface area contributed by atoms with Crippen molar-refractivity contribution in [3.8, 4) is 17.1 Å². The lowest BCUT2D eigenvalue weighted by Crippen LogP contribution is -2.34. The van der Waals surface area contributed by atoms with Crippen LogP contribution in [0.4, 0.5) is 0 Å². The van der Waals surface area contributed by atoms with E-state index < -0.39 is 10.0 Å². The van der Waals surface area contributed by atoms with Gasteiger partial charge < -0.3 is 10.1 Å². The van der Waals surface area contributed by atoms with Crippen LogP contribution in [0.15, 0.2) is 27.9 Å². The van der Waals surface area contributed by atoms with Crippen LogP contribution in [0.3, 0.4) is 0 Å².